The van der Waals surface area contributed by atoms with E-state index in [2.05, 4.69) is 4.98 Å². The molecule has 0 bridgehead atoms. The second-order valence-electron chi connectivity index (χ2n) is 5.58. The van der Waals surface area contributed by atoms with Crippen LogP contribution in [0.5, 0.6) is 5.75 Å². The van der Waals surface area contributed by atoms with Gasteiger partial charge in [0.15, 0.2) is 6.61 Å². The molecule has 128 valence electrons. The molecule has 0 saturated heterocycles. The van der Waals surface area contributed by atoms with Crippen LogP contribution in [0.3, 0.4) is 0 Å². The van der Waals surface area contributed by atoms with Crippen LogP contribution in [-0.4, -0.2) is 4.98 Å². The lowest BCUT2D eigenvalue weighted by molar-refractivity contribution is 0.260. The van der Waals surface area contributed by atoms with Gasteiger partial charge in [-0.15, -0.1) is 0 Å². The maximum atomic E-state index is 8.44. The van der Waals surface area contributed by atoms with Gasteiger partial charge in [0.1, 0.15) is 17.2 Å². The third-order valence-corrected chi connectivity index (χ3v) is 3.70. The Labute approximate surface area is 152 Å². The molecule has 0 unspecified atom stereocenters. The molecule has 3 rings (SSSR count). The first-order valence-corrected chi connectivity index (χ1v) is 8.23. The topological polar surface area (TPSA) is 59.0 Å². The summed E-state index contributed by atoms with van der Waals surface area (Å²) in [4.78, 5) is 4.53. The van der Waals surface area contributed by atoms with Gasteiger partial charge in [-0.3, -0.25) is 0 Å². The number of benzene rings is 2. The maximum absolute atomic E-state index is 8.44. The van der Waals surface area contributed by atoms with E-state index < -0.39 is 0 Å². The average Bonchev–Trinajstić information content (AvgIpc) is 3.06. The number of aromatic nitrogens is 1. The minimum atomic E-state index is 0.272. The van der Waals surface area contributed by atoms with Gasteiger partial charge in [-0.05, 0) is 24.6 Å². The molecule has 0 aliphatic heterocycles. The smallest absolute Gasteiger partial charge is 0.233 e. The summed E-state index contributed by atoms with van der Waals surface area (Å²) in [6, 6.07) is 19.6. The quantitative estimate of drug-likeness (QED) is 0.449. The number of ether oxygens (including phenoxy) is 1. The molecule has 0 saturated carbocycles. The average molecular weight is 342 g/mol. The number of rotatable bonds is 6. The van der Waals surface area contributed by atoms with Gasteiger partial charge >= 0.3 is 0 Å². The SMILES string of the molecule is Cc1oc(COc2ccc(C=CC=CC#N)cc2)nc1-c1ccccc1. The normalized spacial score (nSPS) is 11.1. The van der Waals surface area contributed by atoms with E-state index >= 15 is 0 Å². The predicted molar refractivity (Wildman–Crippen MR) is 101 cm³/mol. The van der Waals surface area contributed by atoms with Crippen LogP contribution in [0.1, 0.15) is 17.2 Å². The lowest BCUT2D eigenvalue weighted by atomic mass is 10.1. The van der Waals surface area contributed by atoms with Crippen molar-refractivity contribution < 1.29 is 9.15 Å². The molecule has 0 spiro atoms. The zero-order chi connectivity index (χ0) is 18.2. The van der Waals surface area contributed by atoms with E-state index in [0.717, 1.165) is 28.3 Å². The second-order valence-corrected chi connectivity index (χ2v) is 5.58. The van der Waals surface area contributed by atoms with E-state index in [1.165, 1.54) is 6.08 Å². The Kier molecular flexibility index (Phi) is 5.64. The fourth-order valence-corrected chi connectivity index (χ4v) is 2.46. The van der Waals surface area contributed by atoms with Crippen LogP contribution in [0.4, 0.5) is 0 Å². The lowest BCUT2D eigenvalue weighted by Gasteiger charge is -2.03. The largest absolute Gasteiger partial charge is 0.484 e. The zero-order valence-electron chi connectivity index (χ0n) is 14.4. The molecule has 0 amide bonds. The van der Waals surface area contributed by atoms with Crippen molar-refractivity contribution in [1.82, 2.24) is 4.98 Å². The highest BCUT2D eigenvalue weighted by Gasteiger charge is 2.11. The van der Waals surface area contributed by atoms with E-state index in [9.17, 15) is 0 Å². The van der Waals surface area contributed by atoms with Crippen molar-refractivity contribution >= 4 is 6.08 Å². The summed E-state index contributed by atoms with van der Waals surface area (Å²) in [6.07, 6.45) is 6.86. The molecule has 0 radical (unpaired) electrons. The van der Waals surface area contributed by atoms with Gasteiger partial charge in [0.2, 0.25) is 5.89 Å². The highest BCUT2D eigenvalue weighted by molar-refractivity contribution is 5.60. The first kappa shape index (κ1) is 17.2. The molecule has 0 aliphatic rings. The van der Waals surface area contributed by atoms with E-state index in [-0.39, 0.29) is 6.61 Å². The van der Waals surface area contributed by atoms with Gasteiger partial charge in [0.05, 0.1) is 6.07 Å². The highest BCUT2D eigenvalue weighted by Crippen LogP contribution is 2.24. The van der Waals surface area contributed by atoms with Crippen molar-refractivity contribution in [3.8, 4) is 23.1 Å². The molecule has 1 heterocycles. The van der Waals surface area contributed by atoms with Gasteiger partial charge in [0, 0.05) is 11.6 Å². The molecule has 0 atom stereocenters. The molecule has 4 heteroatoms. The summed E-state index contributed by atoms with van der Waals surface area (Å²) < 4.78 is 11.5. The first-order valence-electron chi connectivity index (χ1n) is 8.23. The van der Waals surface area contributed by atoms with E-state index in [4.69, 9.17) is 14.4 Å². The molecule has 0 aliphatic carbocycles. The number of hydrogen-bond donors (Lipinski definition) is 0. The Hall–Kier alpha value is -3.58. The van der Waals surface area contributed by atoms with Crippen LogP contribution in [0.25, 0.3) is 17.3 Å². The molecular weight excluding hydrogens is 324 g/mol. The van der Waals surface area contributed by atoms with Crippen LogP contribution in [0.15, 0.2) is 77.2 Å². The second kappa shape index (κ2) is 8.50. The molecule has 4 nitrogen and oxygen atoms in total. The van der Waals surface area contributed by atoms with Crippen molar-refractivity contribution in [2.45, 2.75) is 13.5 Å². The van der Waals surface area contributed by atoms with Gasteiger partial charge < -0.3 is 9.15 Å². The van der Waals surface area contributed by atoms with Crippen LogP contribution in [0.2, 0.25) is 0 Å². The minimum Gasteiger partial charge on any atom is -0.484 e. The predicted octanol–water partition coefficient (Wildman–Crippen LogP) is 5.32. The van der Waals surface area contributed by atoms with E-state index in [1.807, 2.05) is 79.7 Å². The van der Waals surface area contributed by atoms with Crippen molar-refractivity contribution in [3.05, 3.63) is 90.0 Å². The molecule has 0 fully saturated rings. The summed E-state index contributed by atoms with van der Waals surface area (Å²) in [5.41, 5.74) is 2.90. The Morgan fingerprint density at radius 1 is 1.08 bits per heavy atom. The summed E-state index contributed by atoms with van der Waals surface area (Å²) >= 11 is 0. The fourth-order valence-electron chi connectivity index (χ4n) is 2.46. The third-order valence-electron chi connectivity index (χ3n) is 3.70. The monoisotopic (exact) mass is 342 g/mol. The van der Waals surface area contributed by atoms with Crippen molar-refractivity contribution in [2.24, 2.45) is 0 Å². The number of hydrogen-bond acceptors (Lipinski definition) is 4. The van der Waals surface area contributed by atoms with Gasteiger partial charge in [-0.1, -0.05) is 60.7 Å². The summed E-state index contributed by atoms with van der Waals surface area (Å²) in [5, 5.41) is 8.44. The van der Waals surface area contributed by atoms with Gasteiger partial charge in [0.25, 0.3) is 0 Å². The molecule has 2 aromatic carbocycles. The van der Waals surface area contributed by atoms with Crippen LogP contribution >= 0.6 is 0 Å². The minimum absolute atomic E-state index is 0.272. The number of allylic oxidation sites excluding steroid dienone is 3. The lowest BCUT2D eigenvalue weighted by Crippen LogP contribution is -1.95. The zero-order valence-corrected chi connectivity index (χ0v) is 14.4. The van der Waals surface area contributed by atoms with Crippen LogP contribution in [0, 0.1) is 18.3 Å². The summed E-state index contributed by atoms with van der Waals surface area (Å²) in [6.45, 7) is 2.18. The Balaban J connectivity index is 1.62. The Morgan fingerprint density at radius 3 is 2.58 bits per heavy atom. The highest BCUT2D eigenvalue weighted by atomic mass is 16.5. The Morgan fingerprint density at radius 2 is 1.85 bits per heavy atom. The van der Waals surface area contributed by atoms with Gasteiger partial charge in [-0.25, -0.2) is 4.98 Å². The maximum Gasteiger partial charge on any atom is 0.233 e. The van der Waals surface area contributed by atoms with Crippen molar-refractivity contribution in [3.63, 3.8) is 0 Å². The number of aryl methyl sites for hydroxylation is 1. The molecule has 1 aromatic heterocycles. The standard InChI is InChI=1S/C22H18N2O2/c1-17-22(19-9-5-2-6-10-19)24-21(26-17)16-25-20-13-11-18(12-14-20)8-4-3-7-15-23/h2-14H,16H2,1H3. The fraction of sp³-hybridized carbons (Fsp3) is 0.0909. The summed E-state index contributed by atoms with van der Waals surface area (Å²) in [5.74, 6) is 2.07. The van der Waals surface area contributed by atoms with E-state index in [1.54, 1.807) is 6.08 Å². The third kappa shape index (κ3) is 4.49. The summed E-state index contributed by atoms with van der Waals surface area (Å²) in [7, 11) is 0. The molecule has 3 aromatic rings. The van der Waals surface area contributed by atoms with Crippen LogP contribution < -0.4 is 4.74 Å². The van der Waals surface area contributed by atoms with Crippen LogP contribution in [-0.2, 0) is 6.61 Å². The number of nitriles is 1. The number of oxazole rings is 1. The van der Waals surface area contributed by atoms with Gasteiger partial charge in [-0.2, -0.15) is 5.26 Å². The number of nitrogens with zero attached hydrogens (tertiary/aromatic N) is 2. The van der Waals surface area contributed by atoms with E-state index in [0.29, 0.717) is 5.89 Å². The molecular formula is C22H18N2O2. The Bertz CT molecular complexity index is 946. The molecule has 0 N–H and O–H groups in total. The molecule has 26 heavy (non-hydrogen) atoms. The van der Waals surface area contributed by atoms with Crippen molar-refractivity contribution in [2.75, 3.05) is 0 Å². The first-order chi connectivity index (χ1) is 12.8. The van der Waals surface area contributed by atoms with Crippen molar-refractivity contribution in [1.29, 1.82) is 5.26 Å².